The highest BCUT2D eigenvalue weighted by Gasteiger charge is 2.15. The Kier molecular flexibility index (Phi) is 48.3. The molecule has 0 aromatic carbocycles. The summed E-state index contributed by atoms with van der Waals surface area (Å²) in [7, 11) is 0. The summed E-state index contributed by atoms with van der Waals surface area (Å²) >= 11 is 0. The third-order valence-corrected chi connectivity index (χ3v) is 13.1. The first-order valence-electron chi connectivity index (χ1n) is 27.9. The number of carbonyl (C=O) groups is 2. The maximum absolute atomic E-state index is 12.8. The first-order chi connectivity index (χ1) is 31.3. The second-order valence-electron chi connectivity index (χ2n) is 19.6. The standard InChI is InChI=1S/C56H110N2O6/c1-7-11-15-19-23-28-34-53(35-29-24-20-16-12-8-2)50-63-55(60)38-32-27-33-41-57(45-47-59)43-44-58(42-39-52(5)6)46-49-62-48-40-56(61)64-51-54(36-30-25-21-17-13-9-3)37-31-26-22-18-14-10-4/h39,53-54,59H,7-38,40-51H2,1-6H3. The van der Waals surface area contributed by atoms with Gasteiger partial charge in [0.2, 0.25) is 0 Å². The molecule has 0 saturated heterocycles. The number of allylic oxidation sites excluding steroid dienone is 1. The quantitative estimate of drug-likeness (QED) is 0.0367. The van der Waals surface area contributed by atoms with Crippen LogP contribution in [0.3, 0.4) is 0 Å². The van der Waals surface area contributed by atoms with E-state index in [0.717, 1.165) is 64.8 Å². The molecule has 0 bridgehead atoms. The minimum absolute atomic E-state index is 0.0385. The summed E-state index contributed by atoms with van der Waals surface area (Å²) in [6, 6.07) is 0. The molecule has 8 nitrogen and oxygen atoms in total. The van der Waals surface area contributed by atoms with Crippen LogP contribution in [-0.2, 0) is 23.8 Å². The zero-order chi connectivity index (χ0) is 47.0. The fraction of sp³-hybridized carbons (Fsp3) is 0.929. The van der Waals surface area contributed by atoms with Crippen LogP contribution in [0.5, 0.6) is 0 Å². The van der Waals surface area contributed by atoms with Crippen molar-refractivity contribution in [1.29, 1.82) is 0 Å². The van der Waals surface area contributed by atoms with Gasteiger partial charge in [0, 0.05) is 39.1 Å². The molecule has 0 radical (unpaired) electrons. The molecule has 0 aliphatic carbocycles. The van der Waals surface area contributed by atoms with Gasteiger partial charge in [-0.05, 0) is 70.8 Å². The van der Waals surface area contributed by atoms with Crippen LogP contribution in [0.25, 0.3) is 0 Å². The van der Waals surface area contributed by atoms with E-state index >= 15 is 0 Å². The van der Waals surface area contributed by atoms with Gasteiger partial charge in [0.15, 0.2) is 0 Å². The van der Waals surface area contributed by atoms with Gasteiger partial charge in [0.05, 0.1) is 39.5 Å². The number of carbonyl (C=O) groups excluding carboxylic acids is 2. The number of hydrogen-bond acceptors (Lipinski definition) is 8. The monoisotopic (exact) mass is 907 g/mol. The Morgan fingerprint density at radius 1 is 0.453 bits per heavy atom. The number of hydrogen-bond donors (Lipinski definition) is 1. The third kappa shape index (κ3) is 44.4. The Morgan fingerprint density at radius 3 is 1.30 bits per heavy atom. The maximum Gasteiger partial charge on any atom is 0.308 e. The molecule has 0 atom stereocenters. The molecule has 0 aliphatic rings. The molecule has 8 heteroatoms. The number of nitrogens with zero attached hydrogens (tertiary/aromatic N) is 2. The Hall–Kier alpha value is -1.48. The molecule has 0 aromatic rings. The fourth-order valence-electron chi connectivity index (χ4n) is 8.64. The molecule has 1 N–H and O–H groups in total. The zero-order valence-corrected chi connectivity index (χ0v) is 43.7. The fourth-order valence-corrected chi connectivity index (χ4v) is 8.64. The van der Waals surface area contributed by atoms with E-state index in [1.807, 2.05) is 0 Å². The first kappa shape index (κ1) is 62.5. The summed E-state index contributed by atoms with van der Waals surface area (Å²) in [6.07, 6.45) is 41.9. The molecule has 0 rings (SSSR count). The van der Waals surface area contributed by atoms with E-state index in [0.29, 0.717) is 57.6 Å². The largest absolute Gasteiger partial charge is 0.465 e. The number of aliphatic hydroxyl groups excluding tert-OH is 1. The van der Waals surface area contributed by atoms with Gasteiger partial charge in [-0.3, -0.25) is 19.4 Å². The van der Waals surface area contributed by atoms with E-state index < -0.39 is 0 Å². The summed E-state index contributed by atoms with van der Waals surface area (Å²) in [4.78, 5) is 30.2. The number of ether oxygens (including phenoxy) is 3. The molecule has 0 fully saturated rings. The third-order valence-electron chi connectivity index (χ3n) is 13.1. The number of unbranched alkanes of at least 4 members (excludes halogenated alkanes) is 22. The van der Waals surface area contributed by atoms with Gasteiger partial charge in [-0.25, -0.2) is 0 Å². The Balaban J connectivity index is 4.65. The van der Waals surface area contributed by atoms with Crippen molar-refractivity contribution in [3.63, 3.8) is 0 Å². The molecule has 0 aliphatic heterocycles. The molecular weight excluding hydrogens is 797 g/mol. The predicted molar refractivity (Wildman–Crippen MR) is 274 cm³/mol. The van der Waals surface area contributed by atoms with Crippen molar-refractivity contribution >= 4 is 11.9 Å². The van der Waals surface area contributed by atoms with Crippen molar-refractivity contribution in [3.8, 4) is 0 Å². The molecule has 0 unspecified atom stereocenters. The Labute approximate surface area is 398 Å². The lowest BCUT2D eigenvalue weighted by Gasteiger charge is -2.27. The van der Waals surface area contributed by atoms with E-state index in [4.69, 9.17) is 14.2 Å². The average molecular weight is 908 g/mol. The highest BCUT2D eigenvalue weighted by molar-refractivity contribution is 5.69. The second kappa shape index (κ2) is 49.4. The van der Waals surface area contributed by atoms with Gasteiger partial charge < -0.3 is 19.3 Å². The van der Waals surface area contributed by atoms with Crippen molar-refractivity contribution in [2.45, 2.75) is 253 Å². The SMILES string of the molecule is CCCCCCCCC(CCCCCCCC)COC(=O)CCCCCN(CCO)CCN(CC=C(C)C)CCOCCC(=O)OCC(CCCCCCCC)CCCCCCCC. The van der Waals surface area contributed by atoms with Crippen LogP contribution in [0, 0.1) is 11.8 Å². The van der Waals surface area contributed by atoms with Crippen LogP contribution in [0.1, 0.15) is 253 Å². The molecular formula is C56H110N2O6. The van der Waals surface area contributed by atoms with Gasteiger partial charge in [-0.15, -0.1) is 0 Å². The molecule has 0 saturated carbocycles. The Bertz CT molecular complexity index is 987. The lowest BCUT2D eigenvalue weighted by Crippen LogP contribution is -2.38. The smallest absolute Gasteiger partial charge is 0.308 e. The first-order valence-corrected chi connectivity index (χ1v) is 27.9. The lowest BCUT2D eigenvalue weighted by atomic mass is 9.94. The van der Waals surface area contributed by atoms with Crippen molar-refractivity contribution in [2.75, 3.05) is 72.3 Å². The van der Waals surface area contributed by atoms with E-state index in [2.05, 4.69) is 57.4 Å². The molecule has 0 amide bonds. The van der Waals surface area contributed by atoms with Crippen molar-refractivity contribution in [2.24, 2.45) is 11.8 Å². The normalized spacial score (nSPS) is 11.7. The number of esters is 2. The van der Waals surface area contributed by atoms with Crippen LogP contribution >= 0.6 is 0 Å². The summed E-state index contributed by atoms with van der Waals surface area (Å²) < 4.78 is 17.7. The highest BCUT2D eigenvalue weighted by atomic mass is 16.5. The van der Waals surface area contributed by atoms with Gasteiger partial charge in [0.25, 0.3) is 0 Å². The minimum atomic E-state index is -0.139. The maximum atomic E-state index is 12.8. The Morgan fingerprint density at radius 2 is 0.859 bits per heavy atom. The summed E-state index contributed by atoms with van der Waals surface area (Å²) in [6.45, 7) is 20.5. The van der Waals surface area contributed by atoms with Crippen LogP contribution in [0.2, 0.25) is 0 Å². The lowest BCUT2D eigenvalue weighted by molar-refractivity contribution is -0.147. The molecule has 380 valence electrons. The topological polar surface area (TPSA) is 88.5 Å². The van der Waals surface area contributed by atoms with Crippen molar-refractivity contribution in [3.05, 3.63) is 11.6 Å². The highest BCUT2D eigenvalue weighted by Crippen LogP contribution is 2.22. The number of rotatable bonds is 51. The van der Waals surface area contributed by atoms with Crippen LogP contribution in [0.4, 0.5) is 0 Å². The van der Waals surface area contributed by atoms with E-state index in [-0.39, 0.29) is 18.5 Å². The van der Waals surface area contributed by atoms with Gasteiger partial charge in [0.1, 0.15) is 0 Å². The zero-order valence-electron chi connectivity index (χ0n) is 43.7. The van der Waals surface area contributed by atoms with Crippen LogP contribution in [-0.4, -0.2) is 99.1 Å². The number of aliphatic hydroxyl groups is 1. The molecule has 64 heavy (non-hydrogen) atoms. The van der Waals surface area contributed by atoms with E-state index in [1.165, 1.54) is 173 Å². The van der Waals surface area contributed by atoms with Crippen LogP contribution in [0.15, 0.2) is 11.6 Å². The summed E-state index contributed by atoms with van der Waals surface area (Å²) in [5, 5.41) is 9.84. The summed E-state index contributed by atoms with van der Waals surface area (Å²) in [5.41, 5.74) is 1.29. The van der Waals surface area contributed by atoms with Gasteiger partial charge in [-0.1, -0.05) is 200 Å². The van der Waals surface area contributed by atoms with Crippen LogP contribution < -0.4 is 0 Å². The van der Waals surface area contributed by atoms with Gasteiger partial charge in [-0.2, -0.15) is 0 Å². The van der Waals surface area contributed by atoms with Gasteiger partial charge >= 0.3 is 11.9 Å². The van der Waals surface area contributed by atoms with E-state index in [9.17, 15) is 14.7 Å². The molecule has 0 heterocycles. The minimum Gasteiger partial charge on any atom is -0.465 e. The predicted octanol–water partition coefficient (Wildman–Crippen LogP) is 14.8. The van der Waals surface area contributed by atoms with Crippen molar-refractivity contribution < 1.29 is 28.9 Å². The molecule has 0 spiro atoms. The van der Waals surface area contributed by atoms with Crippen molar-refractivity contribution in [1.82, 2.24) is 9.80 Å². The van der Waals surface area contributed by atoms with E-state index in [1.54, 1.807) is 0 Å². The average Bonchev–Trinajstić information content (AvgIpc) is 3.28. The summed E-state index contributed by atoms with van der Waals surface area (Å²) in [5.74, 6) is 0.798. The molecule has 0 aromatic heterocycles. The second-order valence-corrected chi connectivity index (χ2v) is 19.6.